The highest BCUT2D eigenvalue weighted by Crippen LogP contribution is 2.30. The van der Waals surface area contributed by atoms with Gasteiger partial charge in [0.25, 0.3) is 0 Å². The van der Waals surface area contributed by atoms with Crippen molar-refractivity contribution in [2.24, 2.45) is 0 Å². The van der Waals surface area contributed by atoms with Crippen molar-refractivity contribution in [3.8, 4) is 0 Å². The van der Waals surface area contributed by atoms with Gasteiger partial charge in [0.2, 0.25) is 0 Å². The monoisotopic (exact) mass is 158 g/mol. The van der Waals surface area contributed by atoms with Crippen LogP contribution in [0.15, 0.2) is 6.07 Å². The topological polar surface area (TPSA) is 69.2 Å². The molecule has 0 unspecified atom stereocenters. The van der Waals surface area contributed by atoms with Crippen LogP contribution in [0.3, 0.4) is 0 Å². The Hall–Kier alpha value is -1.10. The van der Waals surface area contributed by atoms with Crippen molar-refractivity contribution in [2.75, 3.05) is 5.73 Å². The van der Waals surface area contributed by atoms with E-state index in [1.807, 2.05) is 0 Å². The van der Waals surface area contributed by atoms with Gasteiger partial charge in [-0.15, -0.1) is 11.3 Å². The number of rotatable bonds is 1. The number of nitro groups is 1. The van der Waals surface area contributed by atoms with Crippen LogP contribution >= 0.6 is 11.3 Å². The Morgan fingerprint density at radius 2 is 2.40 bits per heavy atom. The first kappa shape index (κ1) is 7.01. The van der Waals surface area contributed by atoms with Gasteiger partial charge < -0.3 is 5.73 Å². The maximum Gasteiger partial charge on any atom is 0.303 e. The Morgan fingerprint density at radius 3 is 2.60 bits per heavy atom. The number of aryl methyl sites for hydroxylation is 1. The molecule has 2 N–H and O–H groups in total. The minimum Gasteiger partial charge on any atom is -0.385 e. The van der Waals surface area contributed by atoms with Gasteiger partial charge in [0.15, 0.2) is 5.00 Å². The second-order valence-electron chi connectivity index (χ2n) is 1.86. The van der Waals surface area contributed by atoms with Gasteiger partial charge in [-0.2, -0.15) is 0 Å². The van der Waals surface area contributed by atoms with Crippen LogP contribution in [0.1, 0.15) is 4.88 Å². The van der Waals surface area contributed by atoms with Gasteiger partial charge in [-0.1, -0.05) is 0 Å². The standard InChI is InChI=1S/C5H6N2O2S/c1-3-2-4(7(8)9)5(6)10-3/h2H,6H2,1H3. The van der Waals surface area contributed by atoms with E-state index in [9.17, 15) is 10.1 Å². The minimum atomic E-state index is -0.473. The van der Waals surface area contributed by atoms with Gasteiger partial charge >= 0.3 is 5.69 Å². The number of nitrogen functional groups attached to an aromatic ring is 1. The highest BCUT2D eigenvalue weighted by atomic mass is 32.1. The van der Waals surface area contributed by atoms with Crippen LogP contribution in [0.5, 0.6) is 0 Å². The summed E-state index contributed by atoms with van der Waals surface area (Å²) in [4.78, 5) is 10.6. The summed E-state index contributed by atoms with van der Waals surface area (Å²) in [5.41, 5.74) is 5.34. The lowest BCUT2D eigenvalue weighted by Gasteiger charge is -1.83. The van der Waals surface area contributed by atoms with Crippen molar-refractivity contribution in [3.63, 3.8) is 0 Å². The average molecular weight is 158 g/mol. The third-order valence-electron chi connectivity index (χ3n) is 1.06. The molecule has 0 saturated carbocycles. The molecule has 0 fully saturated rings. The quantitative estimate of drug-likeness (QED) is 0.498. The molecule has 0 spiro atoms. The molecule has 1 aromatic heterocycles. The minimum absolute atomic E-state index is 0.0162. The molecule has 0 saturated heterocycles. The van der Waals surface area contributed by atoms with Crippen LogP contribution in [-0.4, -0.2) is 4.92 Å². The maximum absolute atomic E-state index is 10.2. The average Bonchev–Trinajstić information content (AvgIpc) is 2.10. The summed E-state index contributed by atoms with van der Waals surface area (Å²) in [6, 6.07) is 1.47. The van der Waals surface area contributed by atoms with Crippen LogP contribution in [0.2, 0.25) is 0 Å². The van der Waals surface area contributed by atoms with E-state index in [4.69, 9.17) is 5.73 Å². The lowest BCUT2D eigenvalue weighted by atomic mass is 10.4. The molecule has 1 aromatic rings. The molecule has 0 aromatic carbocycles. The molecule has 0 aliphatic heterocycles. The van der Waals surface area contributed by atoms with E-state index < -0.39 is 4.92 Å². The van der Waals surface area contributed by atoms with E-state index in [2.05, 4.69) is 0 Å². The van der Waals surface area contributed by atoms with Crippen molar-refractivity contribution >= 4 is 22.0 Å². The van der Waals surface area contributed by atoms with E-state index in [1.54, 1.807) is 6.92 Å². The van der Waals surface area contributed by atoms with Crippen LogP contribution in [0, 0.1) is 17.0 Å². The van der Waals surface area contributed by atoms with Crippen LogP contribution in [-0.2, 0) is 0 Å². The summed E-state index contributed by atoms with van der Waals surface area (Å²) in [5.74, 6) is 0. The summed E-state index contributed by atoms with van der Waals surface area (Å²) in [6.07, 6.45) is 0. The molecule has 0 bridgehead atoms. The summed E-state index contributed by atoms with van der Waals surface area (Å²) in [7, 11) is 0. The maximum atomic E-state index is 10.2. The predicted octanol–water partition coefficient (Wildman–Crippen LogP) is 1.55. The Balaban J connectivity index is 3.15. The van der Waals surface area contributed by atoms with Crippen LogP contribution < -0.4 is 5.73 Å². The zero-order valence-electron chi connectivity index (χ0n) is 5.33. The fraction of sp³-hybridized carbons (Fsp3) is 0.200. The molecule has 4 nitrogen and oxygen atoms in total. The second kappa shape index (κ2) is 2.26. The number of anilines is 1. The van der Waals surface area contributed by atoms with Gasteiger partial charge in [0, 0.05) is 10.9 Å². The largest absolute Gasteiger partial charge is 0.385 e. The first-order valence-corrected chi connectivity index (χ1v) is 3.43. The first-order chi connectivity index (χ1) is 4.61. The smallest absolute Gasteiger partial charge is 0.303 e. The molecule has 0 radical (unpaired) electrons. The van der Waals surface area contributed by atoms with E-state index >= 15 is 0 Å². The zero-order chi connectivity index (χ0) is 7.72. The van der Waals surface area contributed by atoms with Crippen LogP contribution in [0.4, 0.5) is 10.7 Å². The predicted molar refractivity (Wildman–Crippen MR) is 40.1 cm³/mol. The molecule has 54 valence electrons. The third-order valence-corrected chi connectivity index (χ3v) is 1.93. The number of nitrogens with zero attached hydrogens (tertiary/aromatic N) is 1. The Kier molecular flexibility index (Phi) is 1.58. The van der Waals surface area contributed by atoms with Gasteiger partial charge in [0.1, 0.15) is 0 Å². The van der Waals surface area contributed by atoms with Crippen molar-refractivity contribution in [2.45, 2.75) is 6.92 Å². The molecule has 5 heteroatoms. The molecule has 0 atom stereocenters. The summed E-state index contributed by atoms with van der Waals surface area (Å²) in [6.45, 7) is 1.79. The number of hydrogen-bond acceptors (Lipinski definition) is 4. The number of thiophene rings is 1. The summed E-state index contributed by atoms with van der Waals surface area (Å²) in [5, 5.41) is 10.4. The zero-order valence-corrected chi connectivity index (χ0v) is 6.14. The Bertz CT molecular complexity index is 269. The normalized spacial score (nSPS) is 9.70. The first-order valence-electron chi connectivity index (χ1n) is 2.61. The molecule has 0 aliphatic rings. The highest BCUT2D eigenvalue weighted by molar-refractivity contribution is 7.16. The van der Waals surface area contributed by atoms with E-state index in [0.717, 1.165) is 4.88 Å². The summed E-state index contributed by atoms with van der Waals surface area (Å²) < 4.78 is 0. The fourth-order valence-electron chi connectivity index (χ4n) is 0.662. The van der Waals surface area contributed by atoms with Crippen molar-refractivity contribution in [1.29, 1.82) is 0 Å². The lowest BCUT2D eigenvalue weighted by Crippen LogP contribution is -1.89. The molecular formula is C5H6N2O2S. The third kappa shape index (κ3) is 1.08. The van der Waals surface area contributed by atoms with E-state index in [0.29, 0.717) is 0 Å². The van der Waals surface area contributed by atoms with Crippen molar-refractivity contribution < 1.29 is 4.92 Å². The van der Waals surface area contributed by atoms with Gasteiger partial charge in [0.05, 0.1) is 4.92 Å². The molecule has 10 heavy (non-hydrogen) atoms. The lowest BCUT2D eigenvalue weighted by molar-refractivity contribution is -0.383. The van der Waals surface area contributed by atoms with E-state index in [-0.39, 0.29) is 10.7 Å². The highest BCUT2D eigenvalue weighted by Gasteiger charge is 2.13. The Morgan fingerprint density at radius 1 is 1.80 bits per heavy atom. The van der Waals surface area contributed by atoms with E-state index in [1.165, 1.54) is 17.4 Å². The van der Waals surface area contributed by atoms with Gasteiger partial charge in [-0.25, -0.2) is 0 Å². The SMILES string of the molecule is Cc1cc([N+](=O)[O-])c(N)s1. The van der Waals surface area contributed by atoms with Gasteiger partial charge in [-0.05, 0) is 6.92 Å². The molecule has 1 heterocycles. The molecule has 0 aliphatic carbocycles. The van der Waals surface area contributed by atoms with Crippen molar-refractivity contribution in [1.82, 2.24) is 0 Å². The molecular weight excluding hydrogens is 152 g/mol. The Labute approximate surface area is 61.4 Å². The molecule has 0 amide bonds. The van der Waals surface area contributed by atoms with Gasteiger partial charge in [-0.3, -0.25) is 10.1 Å². The molecule has 1 rings (SSSR count). The second-order valence-corrected chi connectivity index (χ2v) is 3.15. The van der Waals surface area contributed by atoms with Crippen LogP contribution in [0.25, 0.3) is 0 Å². The van der Waals surface area contributed by atoms with Crippen molar-refractivity contribution in [3.05, 3.63) is 21.1 Å². The summed E-state index contributed by atoms with van der Waals surface area (Å²) >= 11 is 1.23. The number of hydrogen-bond donors (Lipinski definition) is 1. The number of nitrogens with two attached hydrogens (primary N) is 1. The fourth-order valence-corrected chi connectivity index (χ4v) is 1.42.